The molecule has 2 N–H and O–H groups in total. The zero-order valence-electron chi connectivity index (χ0n) is 12.9. The van der Waals surface area contributed by atoms with Gasteiger partial charge in [-0.1, -0.05) is 0 Å². The third-order valence-corrected chi connectivity index (χ3v) is 5.33. The molecule has 3 atom stereocenters. The Balaban J connectivity index is 2.04. The van der Waals surface area contributed by atoms with E-state index < -0.39 is 0 Å². The van der Waals surface area contributed by atoms with Crippen LogP contribution in [-0.4, -0.2) is 68.3 Å². The lowest BCUT2D eigenvalue weighted by Gasteiger charge is -2.52. The molecule has 0 aromatic carbocycles. The van der Waals surface area contributed by atoms with Crippen LogP contribution in [-0.2, 0) is 4.74 Å². The summed E-state index contributed by atoms with van der Waals surface area (Å²) in [5, 5.41) is 0. The Labute approximate surface area is 118 Å². The van der Waals surface area contributed by atoms with E-state index in [4.69, 9.17) is 10.5 Å². The van der Waals surface area contributed by atoms with Gasteiger partial charge in [-0.15, -0.1) is 0 Å². The van der Waals surface area contributed by atoms with E-state index in [1.54, 1.807) is 0 Å². The van der Waals surface area contributed by atoms with Crippen molar-refractivity contribution in [3.63, 3.8) is 0 Å². The summed E-state index contributed by atoms with van der Waals surface area (Å²) < 4.78 is 5.36. The van der Waals surface area contributed by atoms with Gasteiger partial charge in [0.15, 0.2) is 0 Å². The molecule has 0 amide bonds. The lowest BCUT2D eigenvalue weighted by atomic mass is 9.80. The molecule has 3 unspecified atom stereocenters. The van der Waals surface area contributed by atoms with E-state index in [1.165, 1.54) is 45.3 Å². The predicted octanol–water partition coefficient (Wildman–Crippen LogP) is 1.16. The maximum atomic E-state index is 6.20. The molecular formula is C15H31N3O. The second-order valence-corrected chi connectivity index (χ2v) is 6.62. The van der Waals surface area contributed by atoms with E-state index >= 15 is 0 Å². The maximum absolute atomic E-state index is 6.20. The van der Waals surface area contributed by atoms with Gasteiger partial charge in [-0.3, -0.25) is 4.90 Å². The highest BCUT2D eigenvalue weighted by Crippen LogP contribution is 2.34. The first-order valence-electron chi connectivity index (χ1n) is 7.75. The van der Waals surface area contributed by atoms with E-state index in [2.05, 4.69) is 23.8 Å². The summed E-state index contributed by atoms with van der Waals surface area (Å²) in [6.07, 6.45) is 5.02. The molecule has 0 aromatic rings. The molecule has 4 heteroatoms. The summed E-state index contributed by atoms with van der Waals surface area (Å²) in [6, 6.07) is 0.639. The highest BCUT2D eigenvalue weighted by atomic mass is 16.5. The lowest BCUT2D eigenvalue weighted by Crippen LogP contribution is -2.63. The minimum Gasteiger partial charge on any atom is -0.384 e. The number of rotatable bonds is 4. The van der Waals surface area contributed by atoms with Crippen LogP contribution in [0.25, 0.3) is 0 Å². The molecule has 2 saturated heterocycles. The topological polar surface area (TPSA) is 41.7 Å². The van der Waals surface area contributed by atoms with Gasteiger partial charge in [-0.25, -0.2) is 0 Å². The Morgan fingerprint density at radius 1 is 1.37 bits per heavy atom. The van der Waals surface area contributed by atoms with Crippen molar-refractivity contribution in [2.24, 2.45) is 11.7 Å². The van der Waals surface area contributed by atoms with Crippen molar-refractivity contribution in [1.29, 1.82) is 0 Å². The minimum absolute atomic E-state index is 0.234. The largest absolute Gasteiger partial charge is 0.384 e. The average molecular weight is 269 g/mol. The standard InChI is InChI=1S/C15H31N3O/c1-13-9-15(12-16,6-8-17(13)2)18-7-4-5-14(10-18)11-19-3/h13-14H,4-12,16H2,1-3H3. The van der Waals surface area contributed by atoms with Gasteiger partial charge in [-0.2, -0.15) is 0 Å². The Bertz CT molecular complexity index is 285. The summed E-state index contributed by atoms with van der Waals surface area (Å²) in [7, 11) is 4.05. The van der Waals surface area contributed by atoms with Crippen molar-refractivity contribution in [1.82, 2.24) is 9.80 Å². The molecule has 0 bridgehead atoms. The molecule has 0 spiro atoms. The summed E-state index contributed by atoms with van der Waals surface area (Å²) in [4.78, 5) is 5.15. The zero-order valence-corrected chi connectivity index (χ0v) is 12.9. The van der Waals surface area contributed by atoms with Gasteiger partial charge in [0.25, 0.3) is 0 Å². The smallest absolute Gasteiger partial charge is 0.0502 e. The fourth-order valence-electron chi connectivity index (χ4n) is 3.88. The lowest BCUT2D eigenvalue weighted by molar-refractivity contribution is -0.0243. The van der Waals surface area contributed by atoms with E-state index in [0.717, 1.165) is 13.2 Å². The van der Waals surface area contributed by atoms with Gasteiger partial charge in [0.2, 0.25) is 0 Å². The van der Waals surface area contributed by atoms with E-state index in [9.17, 15) is 0 Å². The molecule has 19 heavy (non-hydrogen) atoms. The highest BCUT2D eigenvalue weighted by Gasteiger charge is 2.42. The van der Waals surface area contributed by atoms with Crippen molar-refractivity contribution in [2.75, 3.05) is 46.9 Å². The van der Waals surface area contributed by atoms with Gasteiger partial charge >= 0.3 is 0 Å². The molecule has 2 fully saturated rings. The maximum Gasteiger partial charge on any atom is 0.0502 e. The molecule has 2 aliphatic rings. The van der Waals surface area contributed by atoms with Crippen LogP contribution in [0.2, 0.25) is 0 Å². The second-order valence-electron chi connectivity index (χ2n) is 6.62. The summed E-state index contributed by atoms with van der Waals surface area (Å²) in [5.74, 6) is 0.692. The molecule has 2 aliphatic heterocycles. The van der Waals surface area contributed by atoms with E-state index in [-0.39, 0.29) is 5.54 Å². The zero-order chi connectivity index (χ0) is 13.9. The molecule has 2 heterocycles. The fourth-order valence-corrected chi connectivity index (χ4v) is 3.88. The number of hydrogen-bond donors (Lipinski definition) is 1. The molecular weight excluding hydrogens is 238 g/mol. The Kier molecular flexibility index (Phi) is 5.23. The SMILES string of the molecule is COCC1CCCN(C2(CN)CCN(C)C(C)C2)C1. The van der Waals surface area contributed by atoms with Crippen LogP contribution in [0.5, 0.6) is 0 Å². The molecule has 0 saturated carbocycles. The van der Waals surface area contributed by atoms with Crippen LogP contribution < -0.4 is 5.73 Å². The van der Waals surface area contributed by atoms with Gasteiger partial charge in [0.05, 0.1) is 6.61 Å². The Morgan fingerprint density at radius 2 is 2.16 bits per heavy atom. The van der Waals surface area contributed by atoms with Crippen molar-refractivity contribution in [3.05, 3.63) is 0 Å². The molecule has 112 valence electrons. The molecule has 2 rings (SSSR count). The summed E-state index contributed by atoms with van der Waals surface area (Å²) >= 11 is 0. The van der Waals surface area contributed by atoms with E-state index in [1.807, 2.05) is 7.11 Å². The third kappa shape index (κ3) is 3.30. The number of hydrogen-bond acceptors (Lipinski definition) is 4. The first kappa shape index (κ1) is 15.2. The van der Waals surface area contributed by atoms with Crippen LogP contribution in [0.4, 0.5) is 0 Å². The Morgan fingerprint density at radius 3 is 2.79 bits per heavy atom. The normalized spacial score (nSPS) is 38.5. The monoisotopic (exact) mass is 269 g/mol. The Hall–Kier alpha value is -0.160. The molecule has 4 nitrogen and oxygen atoms in total. The van der Waals surface area contributed by atoms with Gasteiger partial charge in [0.1, 0.15) is 0 Å². The second kappa shape index (κ2) is 6.53. The van der Waals surface area contributed by atoms with Gasteiger partial charge in [-0.05, 0) is 58.7 Å². The van der Waals surface area contributed by atoms with Crippen molar-refractivity contribution in [2.45, 2.75) is 44.2 Å². The predicted molar refractivity (Wildman–Crippen MR) is 79.3 cm³/mol. The van der Waals surface area contributed by atoms with Crippen molar-refractivity contribution < 1.29 is 4.74 Å². The van der Waals surface area contributed by atoms with Crippen molar-refractivity contribution >= 4 is 0 Å². The number of piperidine rings is 2. The summed E-state index contributed by atoms with van der Waals surface area (Å²) in [6.45, 7) is 7.58. The number of nitrogens with zero attached hydrogens (tertiary/aromatic N) is 2. The van der Waals surface area contributed by atoms with Crippen molar-refractivity contribution in [3.8, 4) is 0 Å². The minimum atomic E-state index is 0.234. The summed E-state index contributed by atoms with van der Waals surface area (Å²) in [5.41, 5.74) is 6.44. The van der Waals surface area contributed by atoms with E-state index in [0.29, 0.717) is 12.0 Å². The third-order valence-electron chi connectivity index (χ3n) is 5.33. The average Bonchev–Trinajstić information content (AvgIpc) is 2.43. The molecule has 0 aromatic heterocycles. The van der Waals surface area contributed by atoms with Crippen LogP contribution in [0.1, 0.15) is 32.6 Å². The number of methoxy groups -OCH3 is 1. The van der Waals surface area contributed by atoms with Crippen LogP contribution in [0.3, 0.4) is 0 Å². The fraction of sp³-hybridized carbons (Fsp3) is 1.00. The first-order valence-corrected chi connectivity index (χ1v) is 7.75. The van der Waals surface area contributed by atoms with Gasteiger partial charge in [0, 0.05) is 31.8 Å². The van der Waals surface area contributed by atoms with Crippen LogP contribution >= 0.6 is 0 Å². The number of ether oxygens (including phenoxy) is 1. The highest BCUT2D eigenvalue weighted by molar-refractivity contribution is 5.00. The molecule has 0 aliphatic carbocycles. The quantitative estimate of drug-likeness (QED) is 0.831. The number of likely N-dealkylation sites (tertiary alicyclic amines) is 2. The van der Waals surface area contributed by atoms with Crippen LogP contribution in [0, 0.1) is 5.92 Å². The first-order chi connectivity index (χ1) is 9.11. The van der Waals surface area contributed by atoms with Gasteiger partial charge < -0.3 is 15.4 Å². The van der Waals surface area contributed by atoms with Crippen LogP contribution in [0.15, 0.2) is 0 Å². The number of nitrogens with two attached hydrogens (primary N) is 1. The molecule has 0 radical (unpaired) electrons.